The van der Waals surface area contributed by atoms with E-state index in [-0.39, 0.29) is 23.2 Å². The summed E-state index contributed by atoms with van der Waals surface area (Å²) < 4.78 is 88.4. The average Bonchev–Trinajstić information content (AvgIpc) is 2.62. The Labute approximate surface area is 166 Å². The van der Waals surface area contributed by atoms with E-state index in [2.05, 4.69) is 5.32 Å². The molecule has 30 heavy (non-hydrogen) atoms. The molecule has 0 aromatic heterocycles. The maximum atomic E-state index is 14.0. The average molecular weight is 436 g/mol. The minimum atomic E-state index is -4.66. The van der Waals surface area contributed by atoms with Crippen LogP contribution in [0.15, 0.2) is 36.4 Å². The van der Waals surface area contributed by atoms with E-state index in [1.54, 1.807) is 5.32 Å². The minimum absolute atomic E-state index is 0.0665. The Balaban J connectivity index is 2.12. The number of hydrogen-bond acceptors (Lipinski definition) is 2. The molecule has 2 amide bonds. The number of nitrogens with one attached hydrogen (secondary N) is 2. The summed E-state index contributed by atoms with van der Waals surface area (Å²) in [4.78, 5) is 24.0. The molecule has 2 N–H and O–H groups in total. The van der Waals surface area contributed by atoms with Gasteiger partial charge in [-0.3, -0.25) is 9.59 Å². The normalized spacial score (nSPS) is 11.9. The van der Waals surface area contributed by atoms with Crippen LogP contribution in [0.1, 0.15) is 27.0 Å². The third-order valence-corrected chi connectivity index (χ3v) is 3.98. The van der Waals surface area contributed by atoms with E-state index in [9.17, 15) is 40.3 Å². The Kier molecular flexibility index (Phi) is 6.73. The van der Waals surface area contributed by atoms with E-state index >= 15 is 0 Å². The predicted molar refractivity (Wildman–Crippen MR) is 93.3 cm³/mol. The Bertz CT molecular complexity index is 936. The summed E-state index contributed by atoms with van der Waals surface area (Å²) in [5, 5.41) is 3.90. The van der Waals surface area contributed by atoms with Gasteiger partial charge in [0.25, 0.3) is 5.91 Å². The molecule has 11 heteroatoms. The van der Waals surface area contributed by atoms with E-state index in [1.807, 2.05) is 0 Å². The molecule has 0 saturated heterocycles. The van der Waals surface area contributed by atoms with Gasteiger partial charge in [-0.15, -0.1) is 0 Å². The van der Waals surface area contributed by atoms with Crippen LogP contribution >= 0.6 is 0 Å². The van der Waals surface area contributed by atoms with Crippen molar-refractivity contribution >= 4 is 17.5 Å². The van der Waals surface area contributed by atoms with Crippen molar-refractivity contribution in [3.8, 4) is 0 Å². The van der Waals surface area contributed by atoms with Gasteiger partial charge in [-0.2, -0.15) is 26.3 Å². The third-order valence-electron chi connectivity index (χ3n) is 3.98. The summed E-state index contributed by atoms with van der Waals surface area (Å²) in [5.41, 5.74) is -1.29. The second-order valence-electron chi connectivity index (χ2n) is 6.35. The topological polar surface area (TPSA) is 58.2 Å². The molecule has 0 aliphatic carbocycles. The standard InChI is InChI=1S/C19H15F7N2O2/c1-10-14(20)7-12(17(30)27-9-18(21,22)23)8-15(10)28-16(29)6-11-2-4-13(5-3-11)19(24,25)26/h2-5,7-8H,6,9H2,1H3,(H,27,30)(H,28,29). The summed E-state index contributed by atoms with van der Waals surface area (Å²) in [6.07, 6.45) is -9.52. The van der Waals surface area contributed by atoms with Crippen LogP contribution in [0, 0.1) is 12.7 Å². The summed E-state index contributed by atoms with van der Waals surface area (Å²) in [6.45, 7) is -0.336. The molecule has 0 radical (unpaired) electrons. The van der Waals surface area contributed by atoms with E-state index in [4.69, 9.17) is 0 Å². The fourth-order valence-corrected chi connectivity index (χ4v) is 2.41. The van der Waals surface area contributed by atoms with E-state index < -0.39 is 47.7 Å². The molecule has 0 aliphatic rings. The SMILES string of the molecule is Cc1c(F)cc(C(=O)NCC(F)(F)F)cc1NC(=O)Cc1ccc(C(F)(F)F)cc1. The summed E-state index contributed by atoms with van der Waals surface area (Å²) in [5.74, 6) is -2.84. The lowest BCUT2D eigenvalue weighted by Gasteiger charge is -2.13. The minimum Gasteiger partial charge on any atom is -0.343 e. The zero-order valence-electron chi connectivity index (χ0n) is 15.3. The summed E-state index contributed by atoms with van der Waals surface area (Å²) in [7, 11) is 0. The molecular formula is C19H15F7N2O2. The van der Waals surface area contributed by atoms with Crippen LogP contribution < -0.4 is 10.6 Å². The smallest absolute Gasteiger partial charge is 0.343 e. The maximum Gasteiger partial charge on any atom is 0.416 e. The number of benzene rings is 2. The molecule has 162 valence electrons. The van der Waals surface area contributed by atoms with Gasteiger partial charge in [-0.05, 0) is 36.8 Å². The first-order chi connectivity index (χ1) is 13.8. The van der Waals surface area contributed by atoms with Gasteiger partial charge in [0.05, 0.1) is 12.0 Å². The summed E-state index contributed by atoms with van der Waals surface area (Å²) >= 11 is 0. The molecule has 2 rings (SSSR count). The van der Waals surface area contributed by atoms with E-state index in [0.717, 1.165) is 36.4 Å². The zero-order chi connectivity index (χ0) is 22.7. The quantitative estimate of drug-likeness (QED) is 0.672. The fraction of sp³-hybridized carbons (Fsp3) is 0.263. The van der Waals surface area contributed by atoms with Gasteiger partial charge >= 0.3 is 12.4 Å². The molecular weight excluding hydrogens is 421 g/mol. The number of carbonyl (C=O) groups is 2. The number of amides is 2. The first-order valence-corrected chi connectivity index (χ1v) is 8.37. The molecule has 0 fully saturated rings. The molecule has 2 aromatic rings. The summed E-state index contributed by atoms with van der Waals surface area (Å²) in [6, 6.07) is 5.56. The molecule has 2 aromatic carbocycles. The van der Waals surface area contributed by atoms with Gasteiger partial charge in [-0.25, -0.2) is 4.39 Å². The van der Waals surface area contributed by atoms with Crippen LogP contribution in [-0.4, -0.2) is 24.5 Å². The van der Waals surface area contributed by atoms with Crippen molar-refractivity contribution in [3.05, 3.63) is 64.5 Å². The zero-order valence-corrected chi connectivity index (χ0v) is 15.3. The van der Waals surface area contributed by atoms with Crippen molar-refractivity contribution < 1.29 is 40.3 Å². The molecule has 0 spiro atoms. The number of rotatable bonds is 5. The monoisotopic (exact) mass is 436 g/mol. The van der Waals surface area contributed by atoms with Crippen molar-refractivity contribution in [2.75, 3.05) is 11.9 Å². The first-order valence-electron chi connectivity index (χ1n) is 8.37. The van der Waals surface area contributed by atoms with E-state index in [0.29, 0.717) is 0 Å². The highest BCUT2D eigenvalue weighted by atomic mass is 19.4. The molecule has 0 saturated carbocycles. The Hall–Kier alpha value is -3.11. The van der Waals surface area contributed by atoms with Crippen LogP contribution in [0.4, 0.5) is 36.4 Å². The van der Waals surface area contributed by atoms with Crippen molar-refractivity contribution in [3.63, 3.8) is 0 Å². The molecule has 4 nitrogen and oxygen atoms in total. The fourth-order valence-electron chi connectivity index (χ4n) is 2.41. The number of halogens is 7. The number of alkyl halides is 6. The Morgan fingerprint density at radius 1 is 0.967 bits per heavy atom. The molecule has 0 bridgehead atoms. The molecule has 0 heterocycles. The van der Waals surface area contributed by atoms with Crippen molar-refractivity contribution in [2.45, 2.75) is 25.7 Å². The third kappa shape index (κ3) is 6.46. The van der Waals surface area contributed by atoms with Gasteiger partial charge in [0.1, 0.15) is 12.4 Å². The van der Waals surface area contributed by atoms with Crippen LogP contribution in [0.2, 0.25) is 0 Å². The van der Waals surface area contributed by atoms with Gasteiger partial charge in [0, 0.05) is 16.8 Å². The second-order valence-corrected chi connectivity index (χ2v) is 6.35. The van der Waals surface area contributed by atoms with E-state index in [1.165, 1.54) is 6.92 Å². The highest BCUT2D eigenvalue weighted by Gasteiger charge is 2.30. The van der Waals surface area contributed by atoms with Gasteiger partial charge in [0.2, 0.25) is 5.91 Å². The lowest BCUT2D eigenvalue weighted by Crippen LogP contribution is -2.33. The van der Waals surface area contributed by atoms with Crippen LogP contribution in [-0.2, 0) is 17.4 Å². The highest BCUT2D eigenvalue weighted by molar-refractivity contribution is 5.98. The number of carbonyl (C=O) groups excluding carboxylic acids is 2. The molecule has 0 unspecified atom stereocenters. The van der Waals surface area contributed by atoms with Crippen LogP contribution in [0.5, 0.6) is 0 Å². The highest BCUT2D eigenvalue weighted by Crippen LogP contribution is 2.29. The lowest BCUT2D eigenvalue weighted by atomic mass is 10.1. The van der Waals surface area contributed by atoms with Gasteiger partial charge in [0.15, 0.2) is 0 Å². The maximum absolute atomic E-state index is 14.0. The molecule has 0 atom stereocenters. The predicted octanol–water partition coefficient (Wildman–Crippen LogP) is 4.63. The second kappa shape index (κ2) is 8.72. The molecule has 0 aliphatic heterocycles. The Morgan fingerprint density at radius 2 is 1.57 bits per heavy atom. The lowest BCUT2D eigenvalue weighted by molar-refractivity contribution is -0.137. The van der Waals surface area contributed by atoms with Crippen molar-refractivity contribution in [1.29, 1.82) is 0 Å². The van der Waals surface area contributed by atoms with Crippen LogP contribution in [0.25, 0.3) is 0 Å². The van der Waals surface area contributed by atoms with Crippen LogP contribution in [0.3, 0.4) is 0 Å². The first kappa shape index (κ1) is 23.2. The van der Waals surface area contributed by atoms with Crippen molar-refractivity contribution in [1.82, 2.24) is 5.32 Å². The Morgan fingerprint density at radius 3 is 2.10 bits per heavy atom. The number of anilines is 1. The van der Waals surface area contributed by atoms with Gasteiger partial charge in [-0.1, -0.05) is 12.1 Å². The number of hydrogen-bond donors (Lipinski definition) is 2. The van der Waals surface area contributed by atoms with Crippen molar-refractivity contribution in [2.24, 2.45) is 0 Å². The van der Waals surface area contributed by atoms with Gasteiger partial charge < -0.3 is 10.6 Å². The largest absolute Gasteiger partial charge is 0.416 e.